The summed E-state index contributed by atoms with van der Waals surface area (Å²) in [6.07, 6.45) is -0.135. The lowest BCUT2D eigenvalue weighted by atomic mass is 9.91. The second-order valence-corrected chi connectivity index (χ2v) is 12.4. The molecule has 8 heteroatoms. The molecule has 2 atom stereocenters. The molecule has 1 heterocycles. The van der Waals surface area contributed by atoms with Crippen molar-refractivity contribution in [1.82, 2.24) is 9.80 Å². The first-order valence-corrected chi connectivity index (χ1v) is 13.3. The highest BCUT2D eigenvalue weighted by Crippen LogP contribution is 2.29. The molecule has 0 aliphatic carbocycles. The van der Waals surface area contributed by atoms with Crippen molar-refractivity contribution in [1.29, 1.82) is 0 Å². The molecule has 2 unspecified atom stereocenters. The summed E-state index contributed by atoms with van der Waals surface area (Å²) in [5.41, 5.74) is 2.89. The quantitative estimate of drug-likeness (QED) is 0.533. The normalized spacial score (nSPS) is 16.2. The Labute approximate surface area is 231 Å². The molecule has 1 N–H and O–H groups in total. The highest BCUT2D eigenvalue weighted by atomic mass is 16.6. The van der Waals surface area contributed by atoms with Gasteiger partial charge in [0.25, 0.3) is 0 Å². The van der Waals surface area contributed by atoms with E-state index in [9.17, 15) is 19.5 Å². The molecule has 1 aliphatic rings. The number of phenolic OH excluding ortho intramolecular Hbond substituents is 1. The summed E-state index contributed by atoms with van der Waals surface area (Å²) in [6.45, 7) is 14.6. The van der Waals surface area contributed by atoms with Crippen molar-refractivity contribution < 1.29 is 29.0 Å². The summed E-state index contributed by atoms with van der Waals surface area (Å²) in [5.74, 6) is -0.726. The Morgan fingerprint density at radius 2 is 1.51 bits per heavy atom. The van der Waals surface area contributed by atoms with Crippen molar-refractivity contribution in [3.63, 3.8) is 0 Å². The van der Waals surface area contributed by atoms with Crippen LogP contribution in [0.3, 0.4) is 0 Å². The van der Waals surface area contributed by atoms with Crippen molar-refractivity contribution in [2.45, 2.75) is 98.1 Å². The number of benzene rings is 2. The fourth-order valence-electron chi connectivity index (χ4n) is 4.86. The second-order valence-electron chi connectivity index (χ2n) is 12.4. The van der Waals surface area contributed by atoms with Crippen molar-refractivity contribution in [2.24, 2.45) is 0 Å². The summed E-state index contributed by atoms with van der Waals surface area (Å²) in [4.78, 5) is 43.9. The summed E-state index contributed by atoms with van der Waals surface area (Å²) in [7, 11) is 1.54. The van der Waals surface area contributed by atoms with Gasteiger partial charge in [-0.2, -0.15) is 0 Å². The average molecular weight is 539 g/mol. The molecule has 2 aromatic carbocycles. The first-order valence-electron chi connectivity index (χ1n) is 13.3. The van der Waals surface area contributed by atoms with E-state index in [0.717, 1.165) is 27.8 Å². The zero-order chi connectivity index (χ0) is 29.3. The van der Waals surface area contributed by atoms with E-state index < -0.39 is 35.3 Å². The second kappa shape index (κ2) is 11.3. The van der Waals surface area contributed by atoms with Crippen molar-refractivity contribution in [3.8, 4) is 5.75 Å². The lowest BCUT2D eigenvalue weighted by Crippen LogP contribution is -2.57. The van der Waals surface area contributed by atoms with E-state index in [1.165, 1.54) is 9.80 Å². The third-order valence-corrected chi connectivity index (χ3v) is 6.72. The number of rotatable bonds is 5. The van der Waals surface area contributed by atoms with Crippen LogP contribution < -0.4 is 0 Å². The number of amides is 2. The number of carbonyl (C=O) groups excluding carboxylic acids is 3. The molecular weight excluding hydrogens is 496 g/mol. The molecular formula is C31H42N2O6. The van der Waals surface area contributed by atoms with Gasteiger partial charge in [-0.3, -0.25) is 9.69 Å². The maximum absolute atomic E-state index is 14.4. The van der Waals surface area contributed by atoms with Crippen LogP contribution in [0, 0.1) is 13.8 Å². The van der Waals surface area contributed by atoms with Gasteiger partial charge in [0.15, 0.2) is 0 Å². The number of aryl methyl sites for hydroxylation is 2. The van der Waals surface area contributed by atoms with E-state index in [1.54, 1.807) is 60.7 Å². The minimum absolute atomic E-state index is 0.134. The summed E-state index contributed by atoms with van der Waals surface area (Å²) < 4.78 is 11.3. The summed E-state index contributed by atoms with van der Waals surface area (Å²) in [6, 6.07) is 9.20. The van der Waals surface area contributed by atoms with Crippen LogP contribution in [0.2, 0.25) is 0 Å². The van der Waals surface area contributed by atoms with E-state index in [1.807, 2.05) is 38.1 Å². The Bertz CT molecular complexity index is 1220. The van der Waals surface area contributed by atoms with Gasteiger partial charge >= 0.3 is 12.1 Å². The number of esters is 1. The number of aromatic hydroxyl groups is 1. The van der Waals surface area contributed by atoms with Gasteiger partial charge in [-0.1, -0.05) is 24.3 Å². The molecule has 0 spiro atoms. The highest BCUT2D eigenvalue weighted by molar-refractivity contribution is 5.90. The zero-order valence-electron chi connectivity index (χ0n) is 24.6. The third-order valence-electron chi connectivity index (χ3n) is 6.72. The molecule has 2 aromatic rings. The maximum Gasteiger partial charge on any atom is 0.410 e. The Balaban J connectivity index is 2.06. The molecule has 0 bridgehead atoms. The van der Waals surface area contributed by atoms with Crippen molar-refractivity contribution in [3.05, 3.63) is 64.2 Å². The molecule has 0 saturated carbocycles. The number of fused-ring (bicyclic) bond motifs is 1. The minimum Gasteiger partial charge on any atom is -0.508 e. The van der Waals surface area contributed by atoms with Crippen LogP contribution in [0.5, 0.6) is 5.75 Å². The SMILES string of the molecule is Cc1cc(O)cc(C)c1CC(C(=O)N1Cc2ccccc2CC1C(=O)OC(C)(C)C)N(C)C(=O)OC(C)(C)C. The lowest BCUT2D eigenvalue weighted by molar-refractivity contribution is -0.166. The van der Waals surface area contributed by atoms with E-state index in [2.05, 4.69) is 0 Å². The van der Waals surface area contributed by atoms with Crippen LogP contribution in [0.1, 0.15) is 69.4 Å². The van der Waals surface area contributed by atoms with Crippen LogP contribution in [0.4, 0.5) is 4.79 Å². The minimum atomic E-state index is -0.961. The molecule has 2 amide bonds. The molecule has 0 radical (unpaired) electrons. The molecule has 8 nitrogen and oxygen atoms in total. The maximum atomic E-state index is 14.4. The molecule has 3 rings (SSSR count). The number of carbonyl (C=O) groups is 3. The monoisotopic (exact) mass is 538 g/mol. The van der Waals surface area contributed by atoms with Gasteiger partial charge in [-0.25, -0.2) is 9.59 Å². The predicted molar refractivity (Wildman–Crippen MR) is 149 cm³/mol. The fourth-order valence-corrected chi connectivity index (χ4v) is 4.86. The summed E-state index contributed by atoms with van der Waals surface area (Å²) >= 11 is 0. The van der Waals surface area contributed by atoms with Gasteiger partial charge in [0, 0.05) is 26.4 Å². The lowest BCUT2D eigenvalue weighted by Gasteiger charge is -2.40. The number of nitrogens with zero attached hydrogens (tertiary/aromatic N) is 2. The van der Waals surface area contributed by atoms with E-state index >= 15 is 0 Å². The highest BCUT2D eigenvalue weighted by Gasteiger charge is 2.42. The number of hydrogen-bond acceptors (Lipinski definition) is 6. The smallest absolute Gasteiger partial charge is 0.410 e. The van der Waals surface area contributed by atoms with Crippen molar-refractivity contribution in [2.75, 3.05) is 7.05 Å². The van der Waals surface area contributed by atoms with Gasteiger partial charge in [-0.05, 0) is 95.3 Å². The third kappa shape index (κ3) is 7.52. The van der Waals surface area contributed by atoms with Gasteiger partial charge in [-0.15, -0.1) is 0 Å². The van der Waals surface area contributed by atoms with Crippen LogP contribution in [-0.2, 0) is 38.4 Å². The molecule has 0 fully saturated rings. The van der Waals surface area contributed by atoms with Crippen LogP contribution in [0.25, 0.3) is 0 Å². The van der Waals surface area contributed by atoms with E-state index in [4.69, 9.17) is 9.47 Å². The Morgan fingerprint density at radius 1 is 0.974 bits per heavy atom. The number of likely N-dealkylation sites (N-methyl/N-ethyl adjacent to an activating group) is 1. The van der Waals surface area contributed by atoms with E-state index in [-0.39, 0.29) is 24.6 Å². The Morgan fingerprint density at radius 3 is 2.05 bits per heavy atom. The van der Waals surface area contributed by atoms with Crippen LogP contribution >= 0.6 is 0 Å². The number of ether oxygens (including phenoxy) is 2. The summed E-state index contributed by atoms with van der Waals surface area (Å²) in [5, 5.41) is 10.1. The van der Waals surface area contributed by atoms with Gasteiger partial charge in [0.05, 0.1) is 0 Å². The molecule has 1 aliphatic heterocycles. The Kier molecular flexibility index (Phi) is 8.68. The topological polar surface area (TPSA) is 96.4 Å². The molecule has 0 aromatic heterocycles. The fraction of sp³-hybridized carbons (Fsp3) is 0.516. The molecule has 0 saturated heterocycles. The standard InChI is InChI=1S/C31H42N2O6/c1-19-14-23(34)15-20(2)24(19)17-25(32(9)29(37)39-31(6,7)8)27(35)33-18-22-13-11-10-12-21(22)16-26(33)28(36)38-30(3,4)5/h10-15,25-26,34H,16-18H2,1-9H3. The number of hydrogen-bond donors (Lipinski definition) is 1. The van der Waals surface area contributed by atoms with Crippen LogP contribution in [0.15, 0.2) is 36.4 Å². The van der Waals surface area contributed by atoms with Crippen molar-refractivity contribution >= 4 is 18.0 Å². The molecule has 212 valence electrons. The Hall–Kier alpha value is -3.55. The van der Waals surface area contributed by atoms with E-state index in [0.29, 0.717) is 6.42 Å². The van der Waals surface area contributed by atoms with Gasteiger partial charge in [0.1, 0.15) is 29.0 Å². The molecule has 39 heavy (non-hydrogen) atoms. The van der Waals surface area contributed by atoms with Gasteiger partial charge in [0.2, 0.25) is 5.91 Å². The zero-order valence-corrected chi connectivity index (χ0v) is 24.6. The number of phenols is 1. The van der Waals surface area contributed by atoms with Gasteiger partial charge < -0.3 is 19.5 Å². The largest absolute Gasteiger partial charge is 0.508 e. The average Bonchev–Trinajstić information content (AvgIpc) is 2.79. The van der Waals surface area contributed by atoms with Crippen LogP contribution in [-0.4, -0.2) is 63.2 Å². The first kappa shape index (κ1) is 30.0. The first-order chi connectivity index (χ1) is 18.0. The predicted octanol–water partition coefficient (Wildman–Crippen LogP) is 5.08.